The Labute approximate surface area is 145 Å². The third-order valence-corrected chi connectivity index (χ3v) is 3.70. The van der Waals surface area contributed by atoms with Crippen molar-refractivity contribution in [2.45, 2.75) is 6.36 Å². The van der Waals surface area contributed by atoms with Crippen molar-refractivity contribution < 1.29 is 17.9 Å². The van der Waals surface area contributed by atoms with Gasteiger partial charge in [-0.1, -0.05) is 12.1 Å². The van der Waals surface area contributed by atoms with Gasteiger partial charge in [-0.15, -0.1) is 13.2 Å². The summed E-state index contributed by atoms with van der Waals surface area (Å²) in [4.78, 5) is 8.23. The number of hydrogen-bond acceptors (Lipinski definition) is 4. The predicted octanol–water partition coefficient (Wildman–Crippen LogP) is 4.36. The van der Waals surface area contributed by atoms with E-state index in [1.54, 1.807) is 35.2 Å². The second-order valence-electron chi connectivity index (χ2n) is 5.44. The Morgan fingerprint density at radius 1 is 0.923 bits per heavy atom. The SMILES string of the molecule is FC(F)(F)Oc1cccc(-c2cnc3ccc(-c4ccncc4)nn23)c1. The molecule has 0 unspecified atom stereocenters. The molecule has 4 aromatic rings. The highest BCUT2D eigenvalue weighted by Crippen LogP contribution is 2.28. The van der Waals surface area contributed by atoms with E-state index in [-0.39, 0.29) is 5.75 Å². The zero-order valence-corrected chi connectivity index (χ0v) is 13.2. The molecule has 0 N–H and O–H groups in total. The second-order valence-corrected chi connectivity index (χ2v) is 5.44. The summed E-state index contributed by atoms with van der Waals surface area (Å²) in [5.74, 6) is -0.296. The van der Waals surface area contributed by atoms with Crippen LogP contribution in [0.5, 0.6) is 5.75 Å². The lowest BCUT2D eigenvalue weighted by Gasteiger charge is -2.10. The number of rotatable bonds is 3. The number of hydrogen-bond donors (Lipinski definition) is 0. The van der Waals surface area contributed by atoms with E-state index in [1.807, 2.05) is 18.2 Å². The number of alkyl halides is 3. The van der Waals surface area contributed by atoms with E-state index in [4.69, 9.17) is 0 Å². The van der Waals surface area contributed by atoms with Gasteiger partial charge in [0.1, 0.15) is 5.75 Å². The van der Waals surface area contributed by atoms with E-state index in [9.17, 15) is 13.2 Å². The van der Waals surface area contributed by atoms with Gasteiger partial charge in [0.2, 0.25) is 0 Å². The van der Waals surface area contributed by atoms with Crippen molar-refractivity contribution in [2.24, 2.45) is 0 Å². The van der Waals surface area contributed by atoms with Crippen LogP contribution in [0.25, 0.3) is 28.2 Å². The molecule has 1 aromatic carbocycles. The Morgan fingerprint density at radius 2 is 1.73 bits per heavy atom. The maximum absolute atomic E-state index is 12.5. The molecule has 0 fully saturated rings. The standard InChI is InChI=1S/C18H11F3N4O/c19-18(20,21)26-14-3-1-2-13(10-14)16-11-23-17-5-4-15(24-25(16)17)12-6-8-22-9-7-12/h1-11H. The second kappa shape index (κ2) is 6.14. The van der Waals surface area contributed by atoms with Crippen LogP contribution in [0.2, 0.25) is 0 Å². The van der Waals surface area contributed by atoms with Gasteiger partial charge < -0.3 is 4.74 Å². The molecule has 0 aliphatic rings. The van der Waals surface area contributed by atoms with Gasteiger partial charge in [-0.2, -0.15) is 5.10 Å². The van der Waals surface area contributed by atoms with Crippen LogP contribution >= 0.6 is 0 Å². The number of halogens is 3. The monoisotopic (exact) mass is 356 g/mol. The number of benzene rings is 1. The van der Waals surface area contributed by atoms with Crippen molar-refractivity contribution >= 4 is 5.65 Å². The number of ether oxygens (including phenoxy) is 1. The van der Waals surface area contributed by atoms with Gasteiger partial charge in [0, 0.05) is 23.5 Å². The average Bonchev–Trinajstić information content (AvgIpc) is 3.04. The maximum atomic E-state index is 12.5. The van der Waals surface area contributed by atoms with Crippen molar-refractivity contribution in [3.8, 4) is 28.3 Å². The third-order valence-electron chi connectivity index (χ3n) is 3.70. The summed E-state index contributed by atoms with van der Waals surface area (Å²) in [6.07, 6.45) is 0.137. The Morgan fingerprint density at radius 3 is 2.50 bits per heavy atom. The lowest BCUT2D eigenvalue weighted by Crippen LogP contribution is -2.17. The molecule has 0 aliphatic carbocycles. The van der Waals surface area contributed by atoms with Crippen LogP contribution in [0.3, 0.4) is 0 Å². The van der Waals surface area contributed by atoms with Gasteiger partial charge >= 0.3 is 6.36 Å². The largest absolute Gasteiger partial charge is 0.573 e. The first-order valence-corrected chi connectivity index (χ1v) is 7.61. The van der Waals surface area contributed by atoms with Gasteiger partial charge in [0.25, 0.3) is 0 Å². The average molecular weight is 356 g/mol. The highest BCUT2D eigenvalue weighted by Gasteiger charge is 2.31. The minimum absolute atomic E-state index is 0.296. The Balaban J connectivity index is 1.79. The van der Waals surface area contributed by atoms with E-state index in [2.05, 4.69) is 19.8 Å². The molecule has 0 spiro atoms. The first kappa shape index (κ1) is 16.1. The van der Waals surface area contributed by atoms with Crippen molar-refractivity contribution in [3.05, 3.63) is 67.1 Å². The fourth-order valence-corrected chi connectivity index (χ4v) is 2.60. The third kappa shape index (κ3) is 3.21. The molecule has 26 heavy (non-hydrogen) atoms. The molecular formula is C18H11F3N4O. The number of imidazole rings is 1. The maximum Gasteiger partial charge on any atom is 0.573 e. The number of pyridine rings is 1. The molecule has 4 rings (SSSR count). The quantitative estimate of drug-likeness (QED) is 0.547. The van der Waals surface area contributed by atoms with Crippen LogP contribution in [-0.4, -0.2) is 25.9 Å². The number of nitrogens with zero attached hydrogens (tertiary/aromatic N) is 4. The smallest absolute Gasteiger partial charge is 0.406 e. The van der Waals surface area contributed by atoms with Gasteiger partial charge in [-0.25, -0.2) is 9.50 Å². The number of fused-ring (bicyclic) bond motifs is 1. The van der Waals surface area contributed by atoms with Crippen molar-refractivity contribution in [2.75, 3.05) is 0 Å². The van der Waals surface area contributed by atoms with Crippen molar-refractivity contribution in [3.63, 3.8) is 0 Å². The zero-order valence-electron chi connectivity index (χ0n) is 13.2. The predicted molar refractivity (Wildman–Crippen MR) is 88.3 cm³/mol. The van der Waals surface area contributed by atoms with Crippen LogP contribution < -0.4 is 4.74 Å². The lowest BCUT2D eigenvalue weighted by molar-refractivity contribution is -0.274. The molecule has 0 saturated heterocycles. The molecule has 0 saturated carbocycles. The van der Waals surface area contributed by atoms with Gasteiger partial charge in [0.15, 0.2) is 5.65 Å². The highest BCUT2D eigenvalue weighted by atomic mass is 19.4. The van der Waals surface area contributed by atoms with E-state index >= 15 is 0 Å². The van der Waals surface area contributed by atoms with Crippen LogP contribution in [-0.2, 0) is 0 Å². The number of aromatic nitrogens is 4. The molecule has 8 heteroatoms. The van der Waals surface area contributed by atoms with Gasteiger partial charge in [0.05, 0.1) is 17.6 Å². The highest BCUT2D eigenvalue weighted by molar-refractivity contribution is 5.66. The van der Waals surface area contributed by atoms with E-state index < -0.39 is 6.36 Å². The summed E-state index contributed by atoms with van der Waals surface area (Å²) in [6, 6.07) is 13.0. The minimum atomic E-state index is -4.75. The summed E-state index contributed by atoms with van der Waals surface area (Å²) in [5, 5.41) is 4.55. The van der Waals surface area contributed by atoms with Gasteiger partial charge in [-0.3, -0.25) is 4.98 Å². The lowest BCUT2D eigenvalue weighted by atomic mass is 10.1. The minimum Gasteiger partial charge on any atom is -0.406 e. The molecule has 0 aliphatic heterocycles. The summed E-state index contributed by atoms with van der Waals surface area (Å²) < 4.78 is 42.9. The topological polar surface area (TPSA) is 52.3 Å². The van der Waals surface area contributed by atoms with E-state index in [1.165, 1.54) is 18.2 Å². The summed E-state index contributed by atoms with van der Waals surface area (Å²) in [6.45, 7) is 0. The van der Waals surface area contributed by atoms with E-state index in [0.29, 0.717) is 22.6 Å². The molecule has 0 amide bonds. The molecule has 3 aromatic heterocycles. The molecular weight excluding hydrogens is 345 g/mol. The normalized spacial score (nSPS) is 11.7. The van der Waals surface area contributed by atoms with Crippen LogP contribution in [0.4, 0.5) is 13.2 Å². The van der Waals surface area contributed by atoms with Crippen LogP contribution in [0.15, 0.2) is 67.1 Å². The first-order valence-electron chi connectivity index (χ1n) is 7.61. The van der Waals surface area contributed by atoms with E-state index in [0.717, 1.165) is 5.56 Å². The molecule has 0 atom stereocenters. The fraction of sp³-hybridized carbons (Fsp3) is 0.0556. The molecule has 130 valence electrons. The zero-order chi connectivity index (χ0) is 18.1. The Bertz CT molecular complexity index is 1060. The summed E-state index contributed by atoms with van der Waals surface area (Å²) in [5.41, 5.74) is 3.22. The van der Waals surface area contributed by atoms with Crippen molar-refractivity contribution in [1.82, 2.24) is 19.6 Å². The van der Waals surface area contributed by atoms with Crippen LogP contribution in [0, 0.1) is 0 Å². The van der Waals surface area contributed by atoms with Crippen molar-refractivity contribution in [1.29, 1.82) is 0 Å². The molecule has 0 radical (unpaired) electrons. The molecule has 5 nitrogen and oxygen atoms in total. The molecule has 0 bridgehead atoms. The Hall–Kier alpha value is -3.42. The van der Waals surface area contributed by atoms with Crippen LogP contribution in [0.1, 0.15) is 0 Å². The first-order chi connectivity index (χ1) is 12.5. The molecule has 3 heterocycles. The Kier molecular flexibility index (Phi) is 3.80. The van der Waals surface area contributed by atoms with Gasteiger partial charge in [-0.05, 0) is 36.4 Å². The summed E-state index contributed by atoms with van der Waals surface area (Å²) >= 11 is 0. The fourth-order valence-electron chi connectivity index (χ4n) is 2.60. The summed E-state index contributed by atoms with van der Waals surface area (Å²) in [7, 11) is 0.